The van der Waals surface area contributed by atoms with Crippen LogP contribution in [-0.2, 0) is 17.3 Å². The first kappa shape index (κ1) is 19.0. The number of nitrogens with two attached hydrogens (primary N) is 1. The van der Waals surface area contributed by atoms with Crippen molar-refractivity contribution in [1.82, 2.24) is 0 Å². The highest BCUT2D eigenvalue weighted by Crippen LogP contribution is 2.41. The minimum absolute atomic E-state index is 0.0713. The van der Waals surface area contributed by atoms with Crippen LogP contribution in [0.4, 0.5) is 0 Å². The molecular formula is C20H35NO. The summed E-state index contributed by atoms with van der Waals surface area (Å²) in [6.45, 7) is 18.2. The summed E-state index contributed by atoms with van der Waals surface area (Å²) in [5.41, 5.74) is 9.16. The van der Waals surface area contributed by atoms with Crippen LogP contribution in [0.15, 0.2) is 12.1 Å². The Kier molecular flexibility index (Phi) is 5.39. The van der Waals surface area contributed by atoms with Gasteiger partial charge >= 0.3 is 0 Å². The van der Waals surface area contributed by atoms with Crippen LogP contribution in [0, 0.1) is 5.41 Å². The van der Waals surface area contributed by atoms with E-state index in [2.05, 4.69) is 67.5 Å². The van der Waals surface area contributed by atoms with Gasteiger partial charge in [-0.2, -0.15) is 0 Å². The van der Waals surface area contributed by atoms with Gasteiger partial charge in [-0.3, -0.25) is 0 Å². The van der Waals surface area contributed by atoms with Gasteiger partial charge in [0.25, 0.3) is 0 Å². The second kappa shape index (κ2) is 6.23. The fraction of sp³-hybridized carbons (Fsp3) is 0.700. The van der Waals surface area contributed by atoms with E-state index in [4.69, 9.17) is 5.73 Å². The van der Waals surface area contributed by atoms with E-state index in [-0.39, 0.29) is 16.2 Å². The second-order valence-electron chi connectivity index (χ2n) is 9.42. The zero-order chi connectivity index (χ0) is 17.3. The summed E-state index contributed by atoms with van der Waals surface area (Å²) in [5, 5.41) is 10.8. The van der Waals surface area contributed by atoms with Crippen molar-refractivity contribution >= 4 is 0 Å². The predicted molar refractivity (Wildman–Crippen MR) is 96.7 cm³/mol. The Morgan fingerprint density at radius 1 is 0.864 bits per heavy atom. The maximum atomic E-state index is 10.8. The lowest BCUT2D eigenvalue weighted by Gasteiger charge is -2.30. The lowest BCUT2D eigenvalue weighted by Crippen LogP contribution is -2.22. The van der Waals surface area contributed by atoms with Gasteiger partial charge in [0.2, 0.25) is 0 Å². The summed E-state index contributed by atoms with van der Waals surface area (Å²) in [7, 11) is 0. The quantitative estimate of drug-likeness (QED) is 0.830. The first-order valence-electron chi connectivity index (χ1n) is 8.35. The van der Waals surface area contributed by atoms with Crippen LogP contribution in [0.25, 0.3) is 0 Å². The van der Waals surface area contributed by atoms with Crippen LogP contribution in [0.3, 0.4) is 0 Å². The van der Waals surface area contributed by atoms with Gasteiger partial charge in [-0.05, 0) is 52.3 Å². The number of phenols is 1. The molecule has 0 unspecified atom stereocenters. The average Bonchev–Trinajstić information content (AvgIpc) is 2.27. The first-order valence-corrected chi connectivity index (χ1v) is 8.35. The van der Waals surface area contributed by atoms with Crippen LogP contribution >= 0.6 is 0 Å². The first-order chi connectivity index (χ1) is 9.78. The second-order valence-corrected chi connectivity index (χ2v) is 9.42. The zero-order valence-corrected chi connectivity index (χ0v) is 15.8. The Morgan fingerprint density at radius 3 is 1.59 bits per heavy atom. The van der Waals surface area contributed by atoms with Crippen LogP contribution in [0.2, 0.25) is 0 Å². The summed E-state index contributed by atoms with van der Waals surface area (Å²) >= 11 is 0. The topological polar surface area (TPSA) is 46.2 Å². The third-order valence-corrected chi connectivity index (χ3v) is 4.29. The lowest BCUT2D eigenvalue weighted by molar-refractivity contribution is 0.337. The standard InChI is InChI=1S/C20H35NO/c1-18(2,3)15-11-14(13-20(7,8)9-10-21)12-16(17(15)22)19(4,5)6/h11-12,22H,9-10,13,21H2,1-8H3. The third kappa shape index (κ3) is 4.74. The van der Waals surface area contributed by atoms with Gasteiger partial charge in [0.15, 0.2) is 0 Å². The molecule has 3 N–H and O–H groups in total. The molecule has 126 valence electrons. The molecule has 2 nitrogen and oxygen atoms in total. The predicted octanol–water partition coefficient (Wildman–Crippen LogP) is 4.90. The molecule has 1 rings (SSSR count). The van der Waals surface area contributed by atoms with E-state index in [1.54, 1.807) is 0 Å². The molecule has 0 fully saturated rings. The van der Waals surface area contributed by atoms with Gasteiger partial charge in [0, 0.05) is 0 Å². The highest BCUT2D eigenvalue weighted by Gasteiger charge is 2.28. The minimum atomic E-state index is -0.0713. The molecule has 0 saturated heterocycles. The number of phenolic OH excluding ortho intramolecular Hbond substituents is 1. The zero-order valence-electron chi connectivity index (χ0n) is 15.8. The molecule has 22 heavy (non-hydrogen) atoms. The maximum absolute atomic E-state index is 10.8. The molecule has 1 aromatic carbocycles. The van der Waals surface area contributed by atoms with Crippen molar-refractivity contribution in [2.24, 2.45) is 11.1 Å². The SMILES string of the molecule is CC(C)(CCN)Cc1cc(C(C)(C)C)c(O)c(C(C)(C)C)c1. The van der Waals surface area contributed by atoms with E-state index >= 15 is 0 Å². The maximum Gasteiger partial charge on any atom is 0.123 e. The number of hydrogen-bond donors (Lipinski definition) is 2. The van der Waals surface area contributed by atoms with Crippen LogP contribution < -0.4 is 5.73 Å². The molecule has 0 amide bonds. The fourth-order valence-corrected chi connectivity index (χ4v) is 2.97. The monoisotopic (exact) mass is 305 g/mol. The molecule has 1 aromatic rings. The number of aromatic hydroxyl groups is 1. The van der Waals surface area contributed by atoms with E-state index in [0.717, 1.165) is 24.0 Å². The average molecular weight is 306 g/mol. The smallest absolute Gasteiger partial charge is 0.123 e. The molecule has 0 radical (unpaired) electrons. The molecule has 0 aromatic heterocycles. The summed E-state index contributed by atoms with van der Waals surface area (Å²) in [4.78, 5) is 0. The Hall–Kier alpha value is -1.02. The molecule has 0 spiro atoms. The van der Waals surface area contributed by atoms with Crippen molar-refractivity contribution in [1.29, 1.82) is 0 Å². The van der Waals surface area contributed by atoms with Crippen molar-refractivity contribution in [3.63, 3.8) is 0 Å². The molecule has 0 aliphatic rings. The third-order valence-electron chi connectivity index (χ3n) is 4.29. The fourth-order valence-electron chi connectivity index (χ4n) is 2.97. The van der Waals surface area contributed by atoms with Gasteiger partial charge < -0.3 is 10.8 Å². The molecule has 0 heterocycles. The molecule has 0 saturated carbocycles. The van der Waals surface area contributed by atoms with Crippen molar-refractivity contribution < 1.29 is 5.11 Å². The summed E-state index contributed by atoms with van der Waals surface area (Å²) in [6.07, 6.45) is 1.99. The Bertz CT molecular complexity index is 480. The van der Waals surface area contributed by atoms with E-state index in [9.17, 15) is 5.11 Å². The molecule has 0 bridgehead atoms. The summed E-state index contributed by atoms with van der Waals surface area (Å²) in [6, 6.07) is 4.37. The Labute approximate surface area is 137 Å². The van der Waals surface area contributed by atoms with E-state index in [0.29, 0.717) is 12.3 Å². The van der Waals surface area contributed by atoms with Gasteiger partial charge in [-0.1, -0.05) is 67.5 Å². The van der Waals surface area contributed by atoms with Crippen molar-refractivity contribution in [2.75, 3.05) is 6.54 Å². The highest BCUT2D eigenvalue weighted by atomic mass is 16.3. The number of hydrogen-bond acceptors (Lipinski definition) is 2. The van der Waals surface area contributed by atoms with Crippen LogP contribution in [0.5, 0.6) is 5.75 Å². The van der Waals surface area contributed by atoms with Gasteiger partial charge in [-0.15, -0.1) is 0 Å². The van der Waals surface area contributed by atoms with Gasteiger partial charge in [-0.25, -0.2) is 0 Å². The van der Waals surface area contributed by atoms with E-state index in [1.165, 1.54) is 5.56 Å². The largest absolute Gasteiger partial charge is 0.507 e. The number of rotatable bonds is 4. The minimum Gasteiger partial charge on any atom is -0.507 e. The van der Waals surface area contributed by atoms with Crippen molar-refractivity contribution in [3.8, 4) is 5.75 Å². The van der Waals surface area contributed by atoms with E-state index in [1.807, 2.05) is 0 Å². The van der Waals surface area contributed by atoms with Crippen molar-refractivity contribution in [2.45, 2.75) is 79.1 Å². The van der Waals surface area contributed by atoms with Gasteiger partial charge in [0.05, 0.1) is 0 Å². The van der Waals surface area contributed by atoms with E-state index < -0.39 is 0 Å². The van der Waals surface area contributed by atoms with Crippen LogP contribution in [-0.4, -0.2) is 11.7 Å². The van der Waals surface area contributed by atoms with Crippen molar-refractivity contribution in [3.05, 3.63) is 28.8 Å². The number of benzene rings is 1. The molecule has 0 atom stereocenters. The van der Waals surface area contributed by atoms with Crippen LogP contribution in [0.1, 0.15) is 78.5 Å². The highest BCUT2D eigenvalue weighted by molar-refractivity contribution is 5.50. The normalized spacial score (nSPS) is 13.5. The Balaban J connectivity index is 3.42. The molecule has 2 heteroatoms. The van der Waals surface area contributed by atoms with Gasteiger partial charge in [0.1, 0.15) is 5.75 Å². The molecular weight excluding hydrogens is 270 g/mol. The molecule has 0 aliphatic carbocycles. The Morgan fingerprint density at radius 2 is 1.27 bits per heavy atom. The summed E-state index contributed by atoms with van der Waals surface area (Å²) in [5.74, 6) is 0.459. The lowest BCUT2D eigenvalue weighted by atomic mass is 9.75. The summed E-state index contributed by atoms with van der Waals surface area (Å²) < 4.78 is 0. The molecule has 0 aliphatic heterocycles.